The maximum absolute atomic E-state index is 11.5. The van der Waals surface area contributed by atoms with E-state index in [2.05, 4.69) is 10.6 Å². The SMILES string of the molecule is CC(=O)NCCNc1cccc(S(C)(=O)=O)c1[N+](=O)[O-]. The highest BCUT2D eigenvalue weighted by atomic mass is 32.2. The Kier molecular flexibility index (Phi) is 5.03. The summed E-state index contributed by atoms with van der Waals surface area (Å²) in [5, 5.41) is 16.3. The van der Waals surface area contributed by atoms with Crippen LogP contribution < -0.4 is 10.6 Å². The summed E-state index contributed by atoms with van der Waals surface area (Å²) in [6.45, 7) is 1.87. The van der Waals surface area contributed by atoms with Gasteiger partial charge in [0.25, 0.3) is 0 Å². The van der Waals surface area contributed by atoms with E-state index in [0.29, 0.717) is 0 Å². The van der Waals surface area contributed by atoms with Gasteiger partial charge in [0.05, 0.1) is 4.92 Å². The maximum Gasteiger partial charge on any atom is 0.310 e. The third-order valence-corrected chi connectivity index (χ3v) is 3.52. The Balaban J connectivity index is 3.02. The van der Waals surface area contributed by atoms with E-state index in [-0.39, 0.29) is 29.6 Å². The van der Waals surface area contributed by atoms with Crippen LogP contribution in [0.3, 0.4) is 0 Å². The molecule has 0 saturated carbocycles. The number of carbonyl (C=O) groups is 1. The molecule has 0 unspecified atom stereocenters. The van der Waals surface area contributed by atoms with Gasteiger partial charge in [-0.3, -0.25) is 14.9 Å². The van der Waals surface area contributed by atoms with Crippen LogP contribution in [-0.4, -0.2) is 38.6 Å². The van der Waals surface area contributed by atoms with Crippen LogP contribution in [0.4, 0.5) is 11.4 Å². The van der Waals surface area contributed by atoms with Crippen LogP contribution in [0.2, 0.25) is 0 Å². The molecule has 8 nitrogen and oxygen atoms in total. The fourth-order valence-corrected chi connectivity index (χ4v) is 2.45. The quantitative estimate of drug-likeness (QED) is 0.450. The molecule has 0 saturated heterocycles. The van der Waals surface area contributed by atoms with Gasteiger partial charge in [-0.2, -0.15) is 0 Å². The highest BCUT2D eigenvalue weighted by Crippen LogP contribution is 2.31. The number of nitro groups is 1. The van der Waals surface area contributed by atoms with Crippen LogP contribution in [0, 0.1) is 10.1 Å². The summed E-state index contributed by atoms with van der Waals surface area (Å²) in [7, 11) is -3.70. The summed E-state index contributed by atoms with van der Waals surface area (Å²) in [5.41, 5.74) is -0.388. The highest BCUT2D eigenvalue weighted by Gasteiger charge is 2.25. The molecule has 0 aromatic heterocycles. The van der Waals surface area contributed by atoms with Crippen LogP contribution in [-0.2, 0) is 14.6 Å². The van der Waals surface area contributed by atoms with Crippen LogP contribution in [0.5, 0.6) is 0 Å². The number of anilines is 1. The molecule has 0 aliphatic carbocycles. The van der Waals surface area contributed by atoms with E-state index in [1.165, 1.54) is 25.1 Å². The predicted octanol–water partition coefficient (Wildman–Crippen LogP) is 0.546. The van der Waals surface area contributed by atoms with Gasteiger partial charge in [-0.1, -0.05) is 6.07 Å². The molecule has 1 amide bonds. The highest BCUT2D eigenvalue weighted by molar-refractivity contribution is 7.90. The topological polar surface area (TPSA) is 118 Å². The van der Waals surface area contributed by atoms with Gasteiger partial charge >= 0.3 is 5.69 Å². The lowest BCUT2D eigenvalue weighted by atomic mass is 10.2. The van der Waals surface area contributed by atoms with E-state index >= 15 is 0 Å². The first-order chi connectivity index (χ1) is 9.23. The fraction of sp³-hybridized carbons (Fsp3) is 0.364. The van der Waals surface area contributed by atoms with E-state index in [9.17, 15) is 23.3 Å². The number of sulfone groups is 1. The number of nitro benzene ring substituents is 1. The average Bonchev–Trinajstić information content (AvgIpc) is 2.32. The number of amides is 1. The molecule has 1 aromatic rings. The van der Waals surface area contributed by atoms with Gasteiger partial charge in [0.1, 0.15) is 10.6 Å². The van der Waals surface area contributed by atoms with Gasteiger partial charge in [-0.05, 0) is 12.1 Å². The maximum atomic E-state index is 11.5. The van der Waals surface area contributed by atoms with Crippen LogP contribution in [0.25, 0.3) is 0 Å². The molecular weight excluding hydrogens is 286 g/mol. The minimum atomic E-state index is -3.70. The average molecular weight is 301 g/mol. The van der Waals surface area contributed by atoms with Crippen molar-refractivity contribution in [3.63, 3.8) is 0 Å². The van der Waals surface area contributed by atoms with Crippen molar-refractivity contribution in [1.82, 2.24) is 5.32 Å². The summed E-state index contributed by atoms with van der Waals surface area (Å²) in [5.74, 6) is -0.216. The Labute approximate surface area is 116 Å². The zero-order valence-electron chi connectivity index (χ0n) is 11.0. The van der Waals surface area contributed by atoms with Crippen molar-refractivity contribution in [2.45, 2.75) is 11.8 Å². The van der Waals surface area contributed by atoms with E-state index in [1.807, 2.05) is 0 Å². The largest absolute Gasteiger partial charge is 0.378 e. The van der Waals surface area contributed by atoms with Gasteiger partial charge in [-0.15, -0.1) is 0 Å². The van der Waals surface area contributed by atoms with Crippen molar-refractivity contribution >= 4 is 27.1 Å². The number of carbonyl (C=O) groups excluding carboxylic acids is 1. The van der Waals surface area contributed by atoms with Gasteiger partial charge < -0.3 is 10.6 Å². The first-order valence-electron chi connectivity index (χ1n) is 5.69. The van der Waals surface area contributed by atoms with Crippen molar-refractivity contribution in [3.05, 3.63) is 28.3 Å². The van der Waals surface area contributed by atoms with Crippen LogP contribution >= 0.6 is 0 Å². The molecule has 0 fully saturated rings. The number of para-hydroxylation sites is 1. The number of benzene rings is 1. The molecule has 0 spiro atoms. The van der Waals surface area contributed by atoms with Crippen molar-refractivity contribution in [2.75, 3.05) is 24.7 Å². The Morgan fingerprint density at radius 1 is 1.35 bits per heavy atom. The minimum Gasteiger partial charge on any atom is -0.378 e. The van der Waals surface area contributed by atoms with Gasteiger partial charge in [-0.25, -0.2) is 8.42 Å². The summed E-state index contributed by atoms with van der Waals surface area (Å²) in [4.78, 5) is 20.7. The second kappa shape index (κ2) is 6.33. The molecule has 1 aromatic carbocycles. The smallest absolute Gasteiger partial charge is 0.310 e. The van der Waals surface area contributed by atoms with Crippen LogP contribution in [0.15, 0.2) is 23.1 Å². The molecule has 20 heavy (non-hydrogen) atoms. The third kappa shape index (κ3) is 4.19. The minimum absolute atomic E-state index is 0.100. The normalized spacial score (nSPS) is 10.9. The summed E-state index contributed by atoms with van der Waals surface area (Å²) < 4.78 is 23.1. The standard InChI is InChI=1S/C11H15N3O5S/c1-8(15)12-6-7-13-9-4-3-5-10(20(2,18)19)11(9)14(16)17/h3-5,13H,6-7H2,1-2H3,(H,12,15). The summed E-state index contributed by atoms with van der Waals surface area (Å²) in [6.07, 6.45) is 0.913. The van der Waals surface area contributed by atoms with Crippen molar-refractivity contribution in [1.29, 1.82) is 0 Å². The molecule has 0 radical (unpaired) electrons. The summed E-state index contributed by atoms with van der Waals surface area (Å²) in [6, 6.07) is 4.02. The lowest BCUT2D eigenvalue weighted by Gasteiger charge is -2.09. The van der Waals surface area contributed by atoms with E-state index in [1.54, 1.807) is 0 Å². The van der Waals surface area contributed by atoms with Crippen LogP contribution in [0.1, 0.15) is 6.92 Å². The Morgan fingerprint density at radius 2 is 2.00 bits per heavy atom. The first kappa shape index (κ1) is 15.9. The third-order valence-electron chi connectivity index (χ3n) is 2.40. The first-order valence-corrected chi connectivity index (χ1v) is 7.58. The Morgan fingerprint density at radius 3 is 2.50 bits per heavy atom. The van der Waals surface area contributed by atoms with Crippen molar-refractivity contribution in [3.8, 4) is 0 Å². The second-order valence-electron chi connectivity index (χ2n) is 4.09. The zero-order chi connectivity index (χ0) is 15.3. The van der Waals surface area contributed by atoms with Gasteiger partial charge in [0.2, 0.25) is 5.91 Å². The van der Waals surface area contributed by atoms with E-state index in [4.69, 9.17) is 0 Å². The predicted molar refractivity (Wildman–Crippen MR) is 73.4 cm³/mol. The number of hydrogen-bond acceptors (Lipinski definition) is 6. The zero-order valence-corrected chi connectivity index (χ0v) is 11.9. The molecule has 1 rings (SSSR count). The number of rotatable bonds is 6. The molecule has 0 atom stereocenters. The molecule has 2 N–H and O–H groups in total. The number of nitrogens with one attached hydrogen (secondary N) is 2. The molecule has 0 aliphatic heterocycles. The lowest BCUT2D eigenvalue weighted by molar-refractivity contribution is -0.386. The lowest BCUT2D eigenvalue weighted by Crippen LogP contribution is -2.26. The van der Waals surface area contributed by atoms with Gasteiger partial charge in [0, 0.05) is 26.3 Å². The van der Waals surface area contributed by atoms with E-state index in [0.717, 1.165) is 6.26 Å². The van der Waals surface area contributed by atoms with Crippen molar-refractivity contribution < 1.29 is 18.1 Å². The number of nitrogens with zero attached hydrogens (tertiary/aromatic N) is 1. The second-order valence-corrected chi connectivity index (χ2v) is 6.08. The van der Waals surface area contributed by atoms with Gasteiger partial charge in [0.15, 0.2) is 9.84 Å². The molecule has 0 bridgehead atoms. The molecule has 9 heteroatoms. The molecule has 0 aliphatic rings. The molecule has 110 valence electrons. The number of hydrogen-bond donors (Lipinski definition) is 2. The summed E-state index contributed by atoms with van der Waals surface area (Å²) >= 11 is 0. The molecular formula is C11H15N3O5S. The Bertz CT molecular complexity index is 627. The Hall–Kier alpha value is -2.16. The van der Waals surface area contributed by atoms with E-state index < -0.39 is 20.4 Å². The molecule has 0 heterocycles. The van der Waals surface area contributed by atoms with Crippen molar-refractivity contribution in [2.24, 2.45) is 0 Å². The monoisotopic (exact) mass is 301 g/mol. The fourth-order valence-electron chi connectivity index (χ4n) is 1.59.